The molecule has 0 bridgehead atoms. The molecule has 3 rings (SSSR count). The number of fused-ring (bicyclic) bond motifs is 1. The third-order valence-electron chi connectivity index (χ3n) is 4.94. The molecule has 1 aromatic rings. The van der Waals surface area contributed by atoms with Crippen LogP contribution < -0.4 is 5.32 Å². The molecule has 1 aromatic carbocycles. The van der Waals surface area contributed by atoms with Gasteiger partial charge in [0.25, 0.3) is 5.91 Å². The van der Waals surface area contributed by atoms with Crippen molar-refractivity contribution in [2.24, 2.45) is 4.99 Å². The topological polar surface area (TPSA) is 94.8 Å². The highest BCUT2D eigenvalue weighted by atomic mass is 35.5. The van der Waals surface area contributed by atoms with E-state index < -0.39 is 0 Å². The Morgan fingerprint density at radius 1 is 1.38 bits per heavy atom. The van der Waals surface area contributed by atoms with Crippen LogP contribution >= 0.6 is 11.6 Å². The second-order valence-electron chi connectivity index (χ2n) is 7.33. The molecule has 7 nitrogen and oxygen atoms in total. The quantitative estimate of drug-likeness (QED) is 0.550. The Balaban J connectivity index is 1.68. The minimum atomic E-state index is -0.195. The Kier molecular flexibility index (Phi) is 6.82. The first-order valence-electron chi connectivity index (χ1n) is 9.60. The van der Waals surface area contributed by atoms with E-state index in [2.05, 4.69) is 10.3 Å². The first-order chi connectivity index (χ1) is 13.8. The number of Topliss-reactive ketones (excluding diaryl/α,β-unsaturated/α-hetero) is 1. The number of amidine groups is 1. The summed E-state index contributed by atoms with van der Waals surface area (Å²) in [7, 11) is 0. The minimum absolute atomic E-state index is 0.0623. The van der Waals surface area contributed by atoms with E-state index in [1.165, 1.54) is 18.0 Å². The van der Waals surface area contributed by atoms with E-state index in [1.54, 1.807) is 12.1 Å². The highest BCUT2D eigenvalue weighted by molar-refractivity contribution is 6.45. The zero-order chi connectivity index (χ0) is 21.0. The van der Waals surface area contributed by atoms with Gasteiger partial charge in [0, 0.05) is 43.1 Å². The van der Waals surface area contributed by atoms with Crippen LogP contribution in [0.15, 0.2) is 34.4 Å². The molecular formula is C21H25ClN4O3. The summed E-state index contributed by atoms with van der Waals surface area (Å²) in [5, 5.41) is 11.9. The van der Waals surface area contributed by atoms with E-state index in [0.29, 0.717) is 23.7 Å². The van der Waals surface area contributed by atoms with Crippen LogP contribution in [0.5, 0.6) is 0 Å². The molecule has 2 aliphatic heterocycles. The average Bonchev–Trinajstić information content (AvgIpc) is 3.00. The van der Waals surface area contributed by atoms with Crippen molar-refractivity contribution in [3.8, 4) is 0 Å². The smallest absolute Gasteiger partial charge is 0.254 e. The summed E-state index contributed by atoms with van der Waals surface area (Å²) in [4.78, 5) is 29.7. The second-order valence-corrected chi connectivity index (χ2v) is 7.74. The fourth-order valence-corrected chi connectivity index (χ4v) is 3.60. The van der Waals surface area contributed by atoms with Gasteiger partial charge >= 0.3 is 0 Å². The van der Waals surface area contributed by atoms with Crippen molar-refractivity contribution < 1.29 is 14.3 Å². The maximum atomic E-state index is 12.5. The summed E-state index contributed by atoms with van der Waals surface area (Å²) in [6, 6.07) is 5.56. The number of halogens is 1. The van der Waals surface area contributed by atoms with Gasteiger partial charge in [0.15, 0.2) is 0 Å². The third-order valence-corrected chi connectivity index (χ3v) is 5.22. The molecule has 1 amide bonds. The molecule has 0 spiro atoms. The first kappa shape index (κ1) is 21.2. The lowest BCUT2D eigenvalue weighted by molar-refractivity contribution is -0.117. The number of carbonyl (C=O) groups is 2. The predicted molar refractivity (Wildman–Crippen MR) is 113 cm³/mol. The van der Waals surface area contributed by atoms with Gasteiger partial charge in [-0.2, -0.15) is 0 Å². The summed E-state index contributed by atoms with van der Waals surface area (Å²) < 4.78 is 5.34. The first-order valence-corrected chi connectivity index (χ1v) is 9.98. The fraction of sp³-hybridized carbons (Fsp3) is 0.429. The molecule has 29 heavy (non-hydrogen) atoms. The summed E-state index contributed by atoms with van der Waals surface area (Å²) >= 11 is 6.28. The lowest BCUT2D eigenvalue weighted by Crippen LogP contribution is -2.37. The van der Waals surface area contributed by atoms with Gasteiger partial charge in [0.2, 0.25) is 0 Å². The van der Waals surface area contributed by atoms with Gasteiger partial charge in [-0.3, -0.25) is 15.0 Å². The molecule has 1 saturated heterocycles. The summed E-state index contributed by atoms with van der Waals surface area (Å²) in [6.45, 7) is 5.31. The Morgan fingerprint density at radius 3 is 2.79 bits per heavy atom. The van der Waals surface area contributed by atoms with E-state index in [-0.39, 0.29) is 29.0 Å². The van der Waals surface area contributed by atoms with Crippen LogP contribution in [0.1, 0.15) is 48.2 Å². The Hall–Kier alpha value is -2.51. The number of amides is 1. The maximum absolute atomic E-state index is 12.5. The predicted octanol–water partition coefficient (Wildman–Crippen LogP) is 2.87. The molecule has 0 atom stereocenters. The molecule has 2 heterocycles. The number of nitrogens with one attached hydrogen (secondary N) is 2. The van der Waals surface area contributed by atoms with Gasteiger partial charge in [0.05, 0.1) is 23.1 Å². The van der Waals surface area contributed by atoms with Gasteiger partial charge in [0.1, 0.15) is 5.78 Å². The Morgan fingerprint density at radius 2 is 2.10 bits per heavy atom. The molecule has 8 heteroatoms. The Labute approximate surface area is 175 Å². The SMILES string of the molecule is CC(=O)CN1Cc2ccc(C(=N)/C(Cl)=C\N=C(/C)NC3CCOCC3)cc2C1=O. The number of hydrogen-bond donors (Lipinski definition) is 2. The van der Waals surface area contributed by atoms with Crippen LogP contribution in [-0.4, -0.2) is 53.9 Å². The lowest BCUT2D eigenvalue weighted by atomic mass is 10.0. The highest BCUT2D eigenvalue weighted by Gasteiger charge is 2.28. The number of ketones is 1. The number of nitrogens with zero attached hydrogens (tertiary/aromatic N) is 2. The molecule has 0 unspecified atom stereocenters. The van der Waals surface area contributed by atoms with E-state index >= 15 is 0 Å². The molecular weight excluding hydrogens is 392 g/mol. The van der Waals surface area contributed by atoms with Gasteiger partial charge < -0.3 is 15.0 Å². The van der Waals surface area contributed by atoms with Crippen LogP contribution in [0.2, 0.25) is 0 Å². The lowest BCUT2D eigenvalue weighted by Gasteiger charge is -2.23. The van der Waals surface area contributed by atoms with Crippen molar-refractivity contribution in [2.75, 3.05) is 19.8 Å². The zero-order valence-electron chi connectivity index (χ0n) is 16.6. The average molecular weight is 417 g/mol. The summed E-state index contributed by atoms with van der Waals surface area (Å²) in [6.07, 6.45) is 3.32. The van der Waals surface area contributed by atoms with E-state index in [9.17, 15) is 9.59 Å². The molecule has 154 valence electrons. The third kappa shape index (κ3) is 5.31. The number of carbonyl (C=O) groups excluding carboxylic acids is 2. The summed E-state index contributed by atoms with van der Waals surface area (Å²) in [5.74, 6) is 0.471. The van der Waals surface area contributed by atoms with Gasteiger partial charge in [-0.1, -0.05) is 23.7 Å². The zero-order valence-corrected chi connectivity index (χ0v) is 17.4. The van der Waals surface area contributed by atoms with Crippen LogP contribution in [-0.2, 0) is 16.1 Å². The second kappa shape index (κ2) is 9.33. The molecule has 1 fully saturated rings. The number of rotatable bonds is 6. The van der Waals surface area contributed by atoms with Crippen molar-refractivity contribution in [1.29, 1.82) is 5.41 Å². The number of benzene rings is 1. The highest BCUT2D eigenvalue weighted by Crippen LogP contribution is 2.25. The van der Waals surface area contributed by atoms with Crippen molar-refractivity contribution in [3.63, 3.8) is 0 Å². The van der Waals surface area contributed by atoms with Gasteiger partial charge in [-0.05, 0) is 38.3 Å². The van der Waals surface area contributed by atoms with Crippen molar-refractivity contribution in [3.05, 3.63) is 46.1 Å². The maximum Gasteiger partial charge on any atom is 0.254 e. The van der Waals surface area contributed by atoms with Crippen molar-refractivity contribution in [2.45, 2.75) is 39.3 Å². The number of hydrogen-bond acceptors (Lipinski definition) is 5. The van der Waals surface area contributed by atoms with E-state index in [0.717, 1.165) is 37.5 Å². The molecule has 0 aliphatic carbocycles. The van der Waals surface area contributed by atoms with E-state index in [1.807, 2.05) is 13.0 Å². The fourth-order valence-electron chi connectivity index (χ4n) is 3.44. The normalized spacial score (nSPS) is 18.0. The van der Waals surface area contributed by atoms with Crippen LogP contribution in [0.4, 0.5) is 0 Å². The minimum Gasteiger partial charge on any atom is -0.381 e. The standard InChI is InChI=1S/C21H25ClN4O3/c1-13(27)11-26-12-16-4-3-15(9-18(16)21(26)28)20(23)19(22)10-24-14(2)25-17-5-7-29-8-6-17/h3-4,9-10,17,23H,5-8,11-12H2,1-2H3,(H,24,25)/b19-10+,23-20?. The van der Waals surface area contributed by atoms with Gasteiger partial charge in [-0.15, -0.1) is 0 Å². The van der Waals surface area contributed by atoms with Crippen LogP contribution in [0.25, 0.3) is 0 Å². The molecule has 2 aliphatic rings. The van der Waals surface area contributed by atoms with Crippen molar-refractivity contribution >= 4 is 34.8 Å². The number of aliphatic imine (C=N–C) groups is 1. The number of ether oxygens (including phenoxy) is 1. The monoisotopic (exact) mass is 416 g/mol. The summed E-state index contributed by atoms with van der Waals surface area (Å²) in [5.41, 5.74) is 1.99. The van der Waals surface area contributed by atoms with Crippen LogP contribution in [0, 0.1) is 5.41 Å². The van der Waals surface area contributed by atoms with E-state index in [4.69, 9.17) is 21.7 Å². The molecule has 0 radical (unpaired) electrons. The Bertz CT molecular complexity index is 888. The molecule has 0 aromatic heterocycles. The molecule has 2 N–H and O–H groups in total. The largest absolute Gasteiger partial charge is 0.381 e. The van der Waals surface area contributed by atoms with Crippen molar-refractivity contribution in [1.82, 2.24) is 10.2 Å². The van der Waals surface area contributed by atoms with Crippen LogP contribution in [0.3, 0.4) is 0 Å². The van der Waals surface area contributed by atoms with Gasteiger partial charge in [-0.25, -0.2) is 4.99 Å². The number of allylic oxidation sites excluding steroid dienone is 1. The molecule has 0 saturated carbocycles.